The molecule has 0 aromatic rings. The fraction of sp³-hybridized carbons (Fsp3) is 0.667. The number of carbonyl (C=O) groups excluding carboxylic acids is 1. The second-order valence-electron chi connectivity index (χ2n) is 5.14. The maximum absolute atomic E-state index is 12.0. The first-order valence-electron chi connectivity index (χ1n) is 5.99. The van der Waals surface area contributed by atoms with Gasteiger partial charge in [-0.3, -0.25) is 4.90 Å². The molecular formula is C12H19NO4. The van der Waals surface area contributed by atoms with E-state index in [1.807, 2.05) is 0 Å². The molecule has 2 atom stereocenters. The van der Waals surface area contributed by atoms with Crippen LogP contribution in [0.4, 0.5) is 4.79 Å². The number of ether oxygens (including phenoxy) is 1. The highest BCUT2D eigenvalue weighted by molar-refractivity contribution is 5.84. The average Bonchev–Trinajstić information content (AvgIpc) is 2.19. The number of hydrogen-bond donors (Lipinski definition) is 1. The van der Waals surface area contributed by atoms with Crippen molar-refractivity contribution in [2.45, 2.75) is 45.2 Å². The molecule has 0 bridgehead atoms. The number of carboxylic acids is 1. The summed E-state index contributed by atoms with van der Waals surface area (Å²) in [6.07, 6.45) is 1.35. The van der Waals surface area contributed by atoms with E-state index in [1.54, 1.807) is 26.8 Å². The Morgan fingerprint density at radius 1 is 1.47 bits per heavy atom. The van der Waals surface area contributed by atoms with Crippen molar-refractivity contribution in [3.05, 3.63) is 12.2 Å². The summed E-state index contributed by atoms with van der Waals surface area (Å²) in [5, 5.41) is 9.28. The van der Waals surface area contributed by atoms with E-state index in [-0.39, 0.29) is 6.54 Å². The predicted octanol–water partition coefficient (Wildman–Crippen LogP) is 2.03. The number of rotatable bonds is 1. The molecule has 0 spiro atoms. The summed E-state index contributed by atoms with van der Waals surface area (Å²) < 4.78 is 13.0. The van der Waals surface area contributed by atoms with Crippen LogP contribution in [0.15, 0.2) is 12.2 Å². The third kappa shape index (κ3) is 2.99. The molecule has 0 aromatic heterocycles. The molecule has 0 aromatic carbocycles. The standard InChI is InChI=1S/C12H19NO4/c1-11(2,3)17-10(16)13-8-6-5-7-12(13,4)9(14)15/h5-6H,7-8H2,1-4H3,(H,14,15)/t12-/m0/s1/i7D/t7?,12-. The van der Waals surface area contributed by atoms with Gasteiger partial charge >= 0.3 is 12.1 Å². The van der Waals surface area contributed by atoms with Crippen LogP contribution in [-0.4, -0.2) is 39.8 Å². The second-order valence-corrected chi connectivity index (χ2v) is 5.14. The zero-order valence-corrected chi connectivity index (χ0v) is 10.6. The van der Waals surface area contributed by atoms with Crippen LogP contribution in [0.3, 0.4) is 0 Å². The van der Waals surface area contributed by atoms with E-state index in [9.17, 15) is 14.7 Å². The van der Waals surface area contributed by atoms with Crippen molar-refractivity contribution in [2.24, 2.45) is 0 Å². The molecule has 5 nitrogen and oxygen atoms in total. The lowest BCUT2D eigenvalue weighted by Gasteiger charge is -2.39. The van der Waals surface area contributed by atoms with Crippen molar-refractivity contribution in [2.75, 3.05) is 6.54 Å². The summed E-state index contributed by atoms with van der Waals surface area (Å²) >= 11 is 0. The quantitative estimate of drug-likeness (QED) is 0.714. The minimum absolute atomic E-state index is 0.132. The van der Waals surface area contributed by atoms with Gasteiger partial charge in [0.25, 0.3) is 0 Å². The van der Waals surface area contributed by atoms with Crippen LogP contribution in [0, 0.1) is 0 Å². The Bertz CT molecular complexity index is 388. The topological polar surface area (TPSA) is 66.8 Å². The molecular weight excluding hydrogens is 222 g/mol. The van der Waals surface area contributed by atoms with Crippen molar-refractivity contribution < 1.29 is 20.8 Å². The second kappa shape index (κ2) is 4.39. The first-order chi connectivity index (χ1) is 8.09. The van der Waals surface area contributed by atoms with Crippen molar-refractivity contribution >= 4 is 12.1 Å². The van der Waals surface area contributed by atoms with Crippen molar-refractivity contribution in [3.8, 4) is 0 Å². The van der Waals surface area contributed by atoms with Crippen molar-refractivity contribution in [3.63, 3.8) is 0 Å². The molecule has 17 heavy (non-hydrogen) atoms. The van der Waals surface area contributed by atoms with Gasteiger partial charge in [0.1, 0.15) is 11.1 Å². The molecule has 1 aliphatic rings. The molecule has 1 heterocycles. The van der Waals surface area contributed by atoms with Gasteiger partial charge in [-0.2, -0.15) is 0 Å². The van der Waals surface area contributed by atoms with Crippen LogP contribution in [0.1, 0.15) is 35.5 Å². The van der Waals surface area contributed by atoms with Gasteiger partial charge in [-0.05, 0) is 34.1 Å². The lowest BCUT2D eigenvalue weighted by Crippen LogP contribution is -2.57. The Balaban J connectivity index is 3.03. The Hall–Kier alpha value is -1.52. The fourth-order valence-electron chi connectivity index (χ4n) is 1.47. The highest BCUT2D eigenvalue weighted by Gasteiger charge is 2.44. The monoisotopic (exact) mass is 242 g/mol. The van der Waals surface area contributed by atoms with Gasteiger partial charge in [0.15, 0.2) is 0 Å². The van der Waals surface area contributed by atoms with E-state index in [0.717, 1.165) is 4.90 Å². The molecule has 0 saturated heterocycles. The van der Waals surface area contributed by atoms with Crippen molar-refractivity contribution in [1.29, 1.82) is 0 Å². The lowest BCUT2D eigenvalue weighted by molar-refractivity contribution is -0.150. The van der Waals surface area contributed by atoms with Crippen LogP contribution in [0.25, 0.3) is 0 Å². The molecule has 0 fully saturated rings. The third-order valence-corrected chi connectivity index (χ3v) is 2.45. The first-order valence-corrected chi connectivity index (χ1v) is 5.42. The SMILES string of the molecule is [2H]C1C=CCN(C(=O)OC(C)(C)C)[C@]1(C)C(=O)O. The van der Waals surface area contributed by atoms with Gasteiger partial charge < -0.3 is 9.84 Å². The van der Waals surface area contributed by atoms with Crippen LogP contribution >= 0.6 is 0 Å². The molecule has 1 rings (SSSR count). The van der Waals surface area contributed by atoms with Crippen LogP contribution < -0.4 is 0 Å². The highest BCUT2D eigenvalue weighted by atomic mass is 16.6. The summed E-state index contributed by atoms with van der Waals surface area (Å²) in [7, 11) is 0. The van der Waals surface area contributed by atoms with E-state index >= 15 is 0 Å². The Morgan fingerprint density at radius 2 is 2.06 bits per heavy atom. The van der Waals surface area contributed by atoms with Gasteiger partial charge in [-0.15, -0.1) is 0 Å². The number of amides is 1. The summed E-state index contributed by atoms with van der Waals surface area (Å²) in [4.78, 5) is 24.4. The number of carbonyl (C=O) groups is 2. The number of nitrogens with zero attached hydrogens (tertiary/aromatic N) is 1. The summed E-state index contributed by atoms with van der Waals surface area (Å²) in [6, 6.07) is 0. The lowest BCUT2D eigenvalue weighted by atomic mass is 9.93. The van der Waals surface area contributed by atoms with Gasteiger partial charge in [0, 0.05) is 7.92 Å². The van der Waals surface area contributed by atoms with Gasteiger partial charge in [-0.25, -0.2) is 9.59 Å². The summed E-state index contributed by atoms with van der Waals surface area (Å²) in [5.74, 6) is -1.21. The largest absolute Gasteiger partial charge is 0.479 e. The minimum atomic E-state index is -1.60. The van der Waals surface area contributed by atoms with E-state index in [2.05, 4.69) is 0 Å². The van der Waals surface area contributed by atoms with Crippen LogP contribution in [0.2, 0.25) is 0 Å². The Kier molecular flexibility index (Phi) is 3.09. The van der Waals surface area contributed by atoms with E-state index in [4.69, 9.17) is 6.11 Å². The molecule has 1 aliphatic heterocycles. The van der Waals surface area contributed by atoms with Gasteiger partial charge in [0.2, 0.25) is 0 Å². The first kappa shape index (κ1) is 12.0. The maximum Gasteiger partial charge on any atom is 0.411 e. The van der Waals surface area contributed by atoms with E-state index in [0.29, 0.717) is 0 Å². The molecule has 5 heteroatoms. The molecule has 96 valence electrons. The molecule has 1 unspecified atom stereocenters. The highest BCUT2D eigenvalue weighted by Crippen LogP contribution is 2.26. The van der Waals surface area contributed by atoms with Gasteiger partial charge in [0.05, 0.1) is 0 Å². The maximum atomic E-state index is 12.0. The average molecular weight is 242 g/mol. The molecule has 1 N–H and O–H groups in total. The predicted molar refractivity (Wildman–Crippen MR) is 62.7 cm³/mol. The van der Waals surface area contributed by atoms with Crippen LogP contribution in [-0.2, 0) is 9.53 Å². The van der Waals surface area contributed by atoms with E-state index in [1.165, 1.54) is 13.0 Å². The molecule has 0 aliphatic carbocycles. The number of carboxylic acid groups (broad SMARTS) is 1. The van der Waals surface area contributed by atoms with E-state index < -0.39 is 29.6 Å². The smallest absolute Gasteiger partial charge is 0.411 e. The Morgan fingerprint density at radius 3 is 2.53 bits per heavy atom. The molecule has 0 saturated carbocycles. The number of aliphatic carboxylic acids is 1. The fourth-order valence-corrected chi connectivity index (χ4v) is 1.47. The molecule has 0 radical (unpaired) electrons. The van der Waals surface area contributed by atoms with Gasteiger partial charge in [-0.1, -0.05) is 12.2 Å². The zero-order valence-electron chi connectivity index (χ0n) is 11.6. The summed E-state index contributed by atoms with van der Waals surface area (Å²) in [5.41, 5.74) is -2.30. The Labute approximate surface area is 102 Å². The summed E-state index contributed by atoms with van der Waals surface area (Å²) in [6.45, 7) is 6.62. The minimum Gasteiger partial charge on any atom is -0.479 e. The molecule has 1 amide bonds. The zero-order chi connectivity index (χ0) is 14.1. The third-order valence-electron chi connectivity index (χ3n) is 2.45. The van der Waals surface area contributed by atoms with Crippen LogP contribution in [0.5, 0.6) is 0 Å². The van der Waals surface area contributed by atoms with Crippen molar-refractivity contribution in [1.82, 2.24) is 4.90 Å². The number of hydrogen-bond acceptors (Lipinski definition) is 3. The normalized spacial score (nSPS) is 29.8.